The Morgan fingerprint density at radius 3 is 2.67 bits per heavy atom. The largest absolute Gasteiger partial charge is 0.337 e. The molecule has 2 heterocycles. The minimum Gasteiger partial charge on any atom is -0.337 e. The Hall–Kier alpha value is -0.990. The third-order valence-electron chi connectivity index (χ3n) is 2.81. The number of aromatic nitrogens is 1. The van der Waals surface area contributed by atoms with E-state index in [2.05, 4.69) is 9.71 Å². The summed E-state index contributed by atoms with van der Waals surface area (Å²) < 4.78 is 24.8. The van der Waals surface area contributed by atoms with Crippen LogP contribution >= 0.6 is 11.3 Å². The summed E-state index contributed by atoms with van der Waals surface area (Å²) >= 11 is 1.39. The Kier molecular flexibility index (Phi) is 3.98. The van der Waals surface area contributed by atoms with Gasteiger partial charge in [-0.25, -0.2) is 18.1 Å². The molecular formula is C10H15N3O3S2. The molecule has 1 N–H and O–H groups in total. The zero-order valence-corrected chi connectivity index (χ0v) is 11.6. The molecule has 1 fully saturated rings. The maximum Gasteiger partial charge on any atom is 0.273 e. The zero-order valence-electron chi connectivity index (χ0n) is 10.00. The summed E-state index contributed by atoms with van der Waals surface area (Å²) in [5, 5.41) is 1.73. The molecule has 0 saturated carbocycles. The van der Waals surface area contributed by atoms with Crippen LogP contribution in [0.5, 0.6) is 0 Å². The molecule has 6 nitrogen and oxygen atoms in total. The second-order valence-corrected chi connectivity index (χ2v) is 6.83. The fourth-order valence-electron chi connectivity index (χ4n) is 1.98. The maximum absolute atomic E-state index is 12.0. The molecule has 1 aliphatic heterocycles. The molecule has 100 valence electrons. The molecule has 0 aromatic carbocycles. The Labute approximate surface area is 110 Å². The molecule has 1 aromatic heterocycles. The SMILES string of the molecule is CS(=O)(=O)NC1CCN(C(=O)c2cscn2)CC1. The van der Waals surface area contributed by atoms with E-state index in [1.807, 2.05) is 0 Å². The molecule has 0 atom stereocenters. The number of piperidine rings is 1. The highest BCUT2D eigenvalue weighted by Crippen LogP contribution is 2.14. The standard InChI is InChI=1S/C10H15N3O3S2/c1-18(15,16)12-8-2-4-13(5-3-8)10(14)9-6-17-7-11-9/h6-8,12H,2-5H2,1H3. The number of thiazole rings is 1. The molecule has 1 saturated heterocycles. The summed E-state index contributed by atoms with van der Waals surface area (Å²) in [6.45, 7) is 1.12. The molecule has 0 spiro atoms. The second kappa shape index (κ2) is 5.33. The van der Waals surface area contributed by atoms with E-state index >= 15 is 0 Å². The minimum atomic E-state index is -3.17. The van der Waals surface area contributed by atoms with Gasteiger partial charge < -0.3 is 4.90 Å². The second-order valence-electron chi connectivity index (χ2n) is 4.33. The number of hydrogen-bond acceptors (Lipinski definition) is 5. The first-order valence-electron chi connectivity index (χ1n) is 5.60. The van der Waals surface area contributed by atoms with Crippen molar-refractivity contribution in [3.63, 3.8) is 0 Å². The average molecular weight is 289 g/mol. The van der Waals surface area contributed by atoms with Gasteiger partial charge in [0.15, 0.2) is 0 Å². The van der Waals surface area contributed by atoms with Crippen molar-refractivity contribution >= 4 is 27.3 Å². The highest BCUT2D eigenvalue weighted by atomic mass is 32.2. The third-order valence-corrected chi connectivity index (χ3v) is 4.16. The first kappa shape index (κ1) is 13.4. The van der Waals surface area contributed by atoms with E-state index in [-0.39, 0.29) is 11.9 Å². The summed E-state index contributed by atoms with van der Waals surface area (Å²) in [6.07, 6.45) is 2.44. The van der Waals surface area contributed by atoms with Crippen LogP contribution < -0.4 is 4.72 Å². The van der Waals surface area contributed by atoms with Crippen LogP contribution in [0.2, 0.25) is 0 Å². The first-order chi connectivity index (χ1) is 8.46. The molecule has 1 aliphatic rings. The molecule has 0 radical (unpaired) electrons. The molecule has 0 unspecified atom stereocenters. The van der Waals surface area contributed by atoms with E-state index in [4.69, 9.17) is 0 Å². The van der Waals surface area contributed by atoms with Gasteiger partial charge >= 0.3 is 0 Å². The van der Waals surface area contributed by atoms with Crippen molar-refractivity contribution in [2.24, 2.45) is 0 Å². The van der Waals surface area contributed by atoms with Gasteiger partial charge in [-0.3, -0.25) is 4.79 Å². The molecule has 18 heavy (non-hydrogen) atoms. The normalized spacial score (nSPS) is 17.9. The van der Waals surface area contributed by atoms with E-state index < -0.39 is 10.0 Å². The van der Waals surface area contributed by atoms with E-state index in [1.165, 1.54) is 11.3 Å². The number of amides is 1. The number of likely N-dealkylation sites (tertiary alicyclic amines) is 1. The number of carbonyl (C=O) groups is 1. The molecular weight excluding hydrogens is 274 g/mol. The number of sulfonamides is 1. The molecule has 2 rings (SSSR count). The Balaban J connectivity index is 1.89. The third kappa shape index (κ3) is 3.50. The lowest BCUT2D eigenvalue weighted by Gasteiger charge is -2.31. The van der Waals surface area contributed by atoms with E-state index in [0.29, 0.717) is 31.6 Å². The summed E-state index contributed by atoms with van der Waals surface area (Å²) in [4.78, 5) is 17.7. The van der Waals surface area contributed by atoms with Gasteiger partial charge in [-0.15, -0.1) is 11.3 Å². The van der Waals surface area contributed by atoms with Crippen molar-refractivity contribution < 1.29 is 13.2 Å². The van der Waals surface area contributed by atoms with Gasteiger partial charge in [-0.1, -0.05) is 0 Å². The summed E-state index contributed by atoms with van der Waals surface area (Å²) in [5.74, 6) is -0.0749. The molecule has 0 bridgehead atoms. The minimum absolute atomic E-state index is 0.0699. The van der Waals surface area contributed by atoms with Crippen LogP contribution in [0.25, 0.3) is 0 Å². The lowest BCUT2D eigenvalue weighted by atomic mass is 10.1. The molecule has 8 heteroatoms. The lowest BCUT2D eigenvalue weighted by Crippen LogP contribution is -2.46. The van der Waals surface area contributed by atoms with Crippen LogP contribution in [0.1, 0.15) is 23.3 Å². The van der Waals surface area contributed by atoms with E-state index in [9.17, 15) is 13.2 Å². The lowest BCUT2D eigenvalue weighted by molar-refractivity contribution is 0.0706. The predicted molar refractivity (Wildman–Crippen MR) is 69.0 cm³/mol. The predicted octanol–water partition coefficient (Wildman–Crippen LogP) is 0.297. The number of nitrogens with zero attached hydrogens (tertiary/aromatic N) is 2. The summed E-state index contributed by atoms with van der Waals surface area (Å²) in [5.41, 5.74) is 2.10. The van der Waals surface area contributed by atoms with Crippen molar-refractivity contribution in [3.8, 4) is 0 Å². The quantitative estimate of drug-likeness (QED) is 0.868. The van der Waals surface area contributed by atoms with Gasteiger partial charge in [0.05, 0.1) is 11.8 Å². The van der Waals surface area contributed by atoms with Crippen LogP contribution in [0.4, 0.5) is 0 Å². The van der Waals surface area contributed by atoms with Gasteiger partial charge in [0.25, 0.3) is 5.91 Å². The summed E-state index contributed by atoms with van der Waals surface area (Å²) in [7, 11) is -3.17. The average Bonchev–Trinajstić information content (AvgIpc) is 2.80. The number of nitrogens with one attached hydrogen (secondary N) is 1. The van der Waals surface area contributed by atoms with Crippen LogP contribution in [0.3, 0.4) is 0 Å². The van der Waals surface area contributed by atoms with Crippen molar-refractivity contribution in [1.29, 1.82) is 0 Å². The van der Waals surface area contributed by atoms with Gasteiger partial charge in [0, 0.05) is 24.5 Å². The Morgan fingerprint density at radius 2 is 2.17 bits per heavy atom. The Morgan fingerprint density at radius 1 is 1.50 bits per heavy atom. The molecule has 1 amide bonds. The van der Waals surface area contributed by atoms with E-state index in [1.54, 1.807) is 15.8 Å². The topological polar surface area (TPSA) is 79.4 Å². The number of hydrogen-bond donors (Lipinski definition) is 1. The van der Waals surface area contributed by atoms with Crippen LogP contribution in [-0.4, -0.2) is 49.6 Å². The smallest absolute Gasteiger partial charge is 0.273 e. The highest BCUT2D eigenvalue weighted by Gasteiger charge is 2.25. The van der Waals surface area contributed by atoms with Crippen LogP contribution in [0, 0.1) is 0 Å². The van der Waals surface area contributed by atoms with Crippen molar-refractivity contribution in [2.45, 2.75) is 18.9 Å². The first-order valence-corrected chi connectivity index (χ1v) is 8.44. The van der Waals surface area contributed by atoms with Gasteiger partial charge in [0.1, 0.15) is 5.69 Å². The maximum atomic E-state index is 12.0. The van der Waals surface area contributed by atoms with E-state index in [0.717, 1.165) is 6.26 Å². The fourth-order valence-corrected chi connectivity index (χ4v) is 3.35. The van der Waals surface area contributed by atoms with Gasteiger partial charge in [-0.05, 0) is 12.8 Å². The van der Waals surface area contributed by atoms with Crippen LogP contribution in [-0.2, 0) is 10.0 Å². The molecule has 0 aliphatic carbocycles. The number of carbonyl (C=O) groups excluding carboxylic acids is 1. The number of rotatable bonds is 3. The van der Waals surface area contributed by atoms with Gasteiger partial charge in [-0.2, -0.15) is 0 Å². The highest BCUT2D eigenvalue weighted by molar-refractivity contribution is 7.88. The zero-order chi connectivity index (χ0) is 13.2. The van der Waals surface area contributed by atoms with Crippen molar-refractivity contribution in [1.82, 2.24) is 14.6 Å². The molecule has 1 aromatic rings. The fraction of sp³-hybridized carbons (Fsp3) is 0.600. The summed E-state index contributed by atoms with van der Waals surface area (Å²) in [6, 6.07) is -0.0699. The monoisotopic (exact) mass is 289 g/mol. The Bertz CT molecular complexity index is 504. The van der Waals surface area contributed by atoms with Gasteiger partial charge in [0.2, 0.25) is 10.0 Å². The van der Waals surface area contributed by atoms with Crippen LogP contribution in [0.15, 0.2) is 10.9 Å². The van der Waals surface area contributed by atoms with Crippen molar-refractivity contribution in [3.05, 3.63) is 16.6 Å². The van der Waals surface area contributed by atoms with Crippen molar-refractivity contribution in [2.75, 3.05) is 19.3 Å².